The number of urea groups is 1. The van der Waals surface area contributed by atoms with Crippen LogP contribution in [0.25, 0.3) is 10.4 Å². The molecule has 3 rings (SSSR count). The topological polar surface area (TPSA) is 119 Å². The Hall–Kier alpha value is -3.90. The molecule has 0 aliphatic carbocycles. The summed E-state index contributed by atoms with van der Waals surface area (Å²) in [6.45, 7) is 5.99. The van der Waals surface area contributed by atoms with Gasteiger partial charge < -0.3 is 21.3 Å². The van der Waals surface area contributed by atoms with Crippen LogP contribution in [0, 0.1) is 17.2 Å². The highest BCUT2D eigenvalue weighted by Gasteiger charge is 2.21. The number of nitrogens with zero attached hydrogens (tertiary/aromatic N) is 2. The van der Waals surface area contributed by atoms with Crippen molar-refractivity contribution in [2.24, 2.45) is 5.92 Å². The third-order valence-corrected chi connectivity index (χ3v) is 6.22. The number of rotatable bonds is 10. The molecule has 0 saturated carbocycles. The van der Waals surface area contributed by atoms with Crippen molar-refractivity contribution in [2.45, 2.75) is 39.3 Å². The molecule has 0 bridgehead atoms. The summed E-state index contributed by atoms with van der Waals surface area (Å²) in [6, 6.07) is 18.4. The summed E-state index contributed by atoms with van der Waals surface area (Å²) in [5.74, 6) is 0.0833. The minimum atomic E-state index is -0.467. The number of benzene rings is 2. The van der Waals surface area contributed by atoms with Gasteiger partial charge in [-0.25, -0.2) is 9.78 Å². The van der Waals surface area contributed by atoms with Gasteiger partial charge in [0.25, 0.3) is 0 Å². The second-order valence-electron chi connectivity index (χ2n) is 8.54. The zero-order valence-corrected chi connectivity index (χ0v) is 20.9. The predicted octanol–water partition coefficient (Wildman–Crippen LogP) is 5.16. The van der Waals surface area contributed by atoms with Crippen LogP contribution in [0.15, 0.2) is 60.8 Å². The molecule has 3 aromatic rings. The first-order chi connectivity index (χ1) is 16.9. The lowest BCUT2D eigenvalue weighted by Crippen LogP contribution is -2.40. The van der Waals surface area contributed by atoms with E-state index in [1.165, 1.54) is 11.3 Å². The van der Waals surface area contributed by atoms with E-state index in [0.29, 0.717) is 23.2 Å². The van der Waals surface area contributed by atoms with Crippen LogP contribution in [0.1, 0.15) is 38.8 Å². The number of carbonyl (C=O) groups excluding carboxylic acids is 2. The molecule has 1 unspecified atom stereocenters. The number of aromatic nitrogens is 1. The van der Waals surface area contributed by atoms with E-state index in [2.05, 4.69) is 26.3 Å². The van der Waals surface area contributed by atoms with Gasteiger partial charge in [0.1, 0.15) is 12.6 Å². The highest BCUT2D eigenvalue weighted by Crippen LogP contribution is 2.30. The van der Waals surface area contributed by atoms with Crippen LogP contribution >= 0.6 is 11.3 Å². The van der Waals surface area contributed by atoms with Crippen LogP contribution in [-0.4, -0.2) is 29.5 Å². The van der Waals surface area contributed by atoms with Crippen LogP contribution in [0.2, 0.25) is 0 Å². The predicted molar refractivity (Wildman–Crippen MR) is 140 cm³/mol. The van der Waals surface area contributed by atoms with E-state index >= 15 is 0 Å². The van der Waals surface area contributed by atoms with Crippen molar-refractivity contribution >= 4 is 34.1 Å². The normalized spacial score (nSPS) is 12.3. The molecular formula is C26H30N6O2S. The number of hydrogen-bond donors (Lipinski definition) is 4. The maximum atomic E-state index is 12.4. The Morgan fingerprint density at radius 2 is 1.77 bits per heavy atom. The minimum Gasteiger partial charge on any atom is -0.350 e. The van der Waals surface area contributed by atoms with Crippen LogP contribution in [0.4, 0.5) is 15.6 Å². The zero-order valence-electron chi connectivity index (χ0n) is 20.0. The largest absolute Gasteiger partial charge is 0.350 e. The van der Waals surface area contributed by atoms with Crippen molar-refractivity contribution in [2.75, 3.05) is 17.2 Å². The Morgan fingerprint density at radius 1 is 1.06 bits per heavy atom. The van der Waals surface area contributed by atoms with Crippen LogP contribution in [0.3, 0.4) is 0 Å². The number of thiazole rings is 1. The fourth-order valence-electron chi connectivity index (χ4n) is 3.48. The molecule has 0 aliphatic rings. The lowest BCUT2D eigenvalue weighted by Gasteiger charge is -2.18. The Balaban J connectivity index is 1.59. The van der Waals surface area contributed by atoms with Gasteiger partial charge in [-0.3, -0.25) is 4.79 Å². The van der Waals surface area contributed by atoms with E-state index < -0.39 is 6.04 Å². The van der Waals surface area contributed by atoms with E-state index in [4.69, 9.17) is 5.26 Å². The number of carbonyl (C=O) groups is 2. The van der Waals surface area contributed by atoms with Crippen molar-refractivity contribution in [3.05, 3.63) is 66.4 Å². The zero-order chi connectivity index (χ0) is 25.2. The highest BCUT2D eigenvalue weighted by atomic mass is 32.1. The van der Waals surface area contributed by atoms with Crippen LogP contribution < -0.4 is 21.3 Å². The average molecular weight is 491 g/mol. The fourth-order valence-corrected chi connectivity index (χ4v) is 4.36. The van der Waals surface area contributed by atoms with Crippen molar-refractivity contribution in [1.82, 2.24) is 15.6 Å². The van der Waals surface area contributed by atoms with Gasteiger partial charge in [0.2, 0.25) is 5.91 Å². The number of anilines is 2. The molecule has 3 amide bonds. The molecule has 35 heavy (non-hydrogen) atoms. The number of amides is 3. The smallest absolute Gasteiger partial charge is 0.319 e. The van der Waals surface area contributed by atoms with Crippen molar-refractivity contribution in [1.29, 1.82) is 5.26 Å². The SMILES string of the molecule is CC(C)C[C@H](Nc1ncc(-c2ccc(NC(=O)NC(C)c3ccccc3)cc2)s1)C(=O)NCC#N. The van der Waals surface area contributed by atoms with Gasteiger partial charge in [0, 0.05) is 11.9 Å². The van der Waals surface area contributed by atoms with Gasteiger partial charge in [-0.1, -0.05) is 67.6 Å². The molecule has 0 aliphatic heterocycles. The Bertz CT molecular complexity index is 1150. The summed E-state index contributed by atoms with van der Waals surface area (Å²) in [5, 5.41) is 21.0. The second kappa shape index (κ2) is 12.5. The standard InChI is InChI=1S/C26H30N6O2S/c1-17(2)15-22(24(33)28-14-13-27)32-26-29-16-23(35-26)20-9-11-21(12-10-20)31-25(34)30-18(3)19-7-5-4-6-8-19/h4-12,16-18,22H,14-15H2,1-3H3,(H,28,33)(H,29,32)(H2,30,31,34)/t18?,22-/m0/s1. The molecular weight excluding hydrogens is 460 g/mol. The Kier molecular flexibility index (Phi) is 9.21. The van der Waals surface area contributed by atoms with Gasteiger partial charge in [-0.05, 0) is 42.5 Å². The van der Waals surface area contributed by atoms with Gasteiger partial charge in [0.05, 0.1) is 17.0 Å². The van der Waals surface area contributed by atoms with Gasteiger partial charge in [-0.2, -0.15) is 5.26 Å². The van der Waals surface area contributed by atoms with Crippen molar-refractivity contribution < 1.29 is 9.59 Å². The van der Waals surface area contributed by atoms with Crippen LogP contribution in [-0.2, 0) is 4.79 Å². The third-order valence-electron chi connectivity index (χ3n) is 5.24. The first-order valence-electron chi connectivity index (χ1n) is 11.5. The van der Waals surface area contributed by atoms with Crippen molar-refractivity contribution in [3.63, 3.8) is 0 Å². The average Bonchev–Trinajstić information content (AvgIpc) is 3.31. The minimum absolute atomic E-state index is 0.0260. The summed E-state index contributed by atoms with van der Waals surface area (Å²) < 4.78 is 0. The lowest BCUT2D eigenvalue weighted by molar-refractivity contribution is -0.121. The summed E-state index contributed by atoms with van der Waals surface area (Å²) in [6.07, 6.45) is 2.38. The van der Waals surface area contributed by atoms with E-state index in [0.717, 1.165) is 16.0 Å². The molecule has 2 aromatic carbocycles. The van der Waals surface area contributed by atoms with E-state index in [9.17, 15) is 9.59 Å². The van der Waals surface area contributed by atoms with Gasteiger partial charge in [-0.15, -0.1) is 0 Å². The molecule has 9 heteroatoms. The van der Waals surface area contributed by atoms with E-state index in [-0.39, 0.29) is 24.5 Å². The maximum absolute atomic E-state index is 12.4. The maximum Gasteiger partial charge on any atom is 0.319 e. The highest BCUT2D eigenvalue weighted by molar-refractivity contribution is 7.18. The molecule has 1 aromatic heterocycles. The summed E-state index contributed by atoms with van der Waals surface area (Å²) >= 11 is 1.44. The van der Waals surface area contributed by atoms with Gasteiger partial charge >= 0.3 is 6.03 Å². The monoisotopic (exact) mass is 490 g/mol. The second-order valence-corrected chi connectivity index (χ2v) is 9.57. The molecule has 1 heterocycles. The fraction of sp³-hybridized carbons (Fsp3) is 0.308. The number of hydrogen-bond acceptors (Lipinski definition) is 6. The lowest BCUT2D eigenvalue weighted by atomic mass is 10.0. The molecule has 0 saturated heterocycles. The number of nitrogens with one attached hydrogen (secondary N) is 4. The van der Waals surface area contributed by atoms with E-state index in [1.54, 1.807) is 6.20 Å². The van der Waals surface area contributed by atoms with E-state index in [1.807, 2.05) is 81.4 Å². The molecule has 182 valence electrons. The van der Waals surface area contributed by atoms with Crippen LogP contribution in [0.5, 0.6) is 0 Å². The molecule has 0 radical (unpaired) electrons. The molecule has 0 spiro atoms. The van der Waals surface area contributed by atoms with Crippen molar-refractivity contribution in [3.8, 4) is 16.5 Å². The quantitative estimate of drug-likeness (QED) is 0.293. The Labute approximate surface area is 209 Å². The first kappa shape index (κ1) is 25.7. The molecule has 2 atom stereocenters. The summed E-state index contributed by atoms with van der Waals surface area (Å²) in [4.78, 5) is 30.1. The summed E-state index contributed by atoms with van der Waals surface area (Å²) in [5.41, 5.74) is 2.67. The first-order valence-corrected chi connectivity index (χ1v) is 12.3. The number of nitriles is 1. The third kappa shape index (κ3) is 7.83. The Morgan fingerprint density at radius 3 is 2.43 bits per heavy atom. The molecule has 0 fully saturated rings. The summed E-state index contributed by atoms with van der Waals surface area (Å²) in [7, 11) is 0. The molecule has 8 nitrogen and oxygen atoms in total. The molecule has 4 N–H and O–H groups in total. The van der Waals surface area contributed by atoms with Gasteiger partial charge in [0.15, 0.2) is 5.13 Å².